The van der Waals surface area contributed by atoms with Crippen LogP contribution in [0.15, 0.2) is 18.3 Å². The van der Waals surface area contributed by atoms with Crippen LogP contribution in [0.5, 0.6) is 5.88 Å². The monoisotopic (exact) mass is 453 g/mol. The second kappa shape index (κ2) is 7.25. The fraction of sp³-hybridized carbons (Fsp3) is 0.682. The van der Waals surface area contributed by atoms with Crippen molar-refractivity contribution in [2.75, 3.05) is 6.54 Å². The van der Waals surface area contributed by atoms with Crippen LogP contribution in [0.25, 0.3) is 0 Å². The summed E-state index contributed by atoms with van der Waals surface area (Å²) in [7, 11) is 0. The number of carbonyl (C=O) groups excluding carboxylic acids is 1. The molecule has 4 saturated carbocycles. The van der Waals surface area contributed by atoms with Crippen LogP contribution < -0.4 is 10.5 Å². The summed E-state index contributed by atoms with van der Waals surface area (Å²) in [6.45, 7) is 0.297. The Morgan fingerprint density at radius 3 is 2.41 bits per heavy atom. The zero-order valence-electron chi connectivity index (χ0n) is 17.4. The number of amides is 2. The molecule has 7 atom stereocenters. The zero-order chi connectivity index (χ0) is 22.8. The Morgan fingerprint density at radius 2 is 1.88 bits per heavy atom. The van der Waals surface area contributed by atoms with Gasteiger partial charge in [0.15, 0.2) is 0 Å². The molecule has 4 aliphatic carbocycles. The van der Waals surface area contributed by atoms with Crippen molar-refractivity contribution >= 4 is 12.0 Å². The number of aromatic nitrogens is 1. The number of carboxylic acid groups (broad SMARTS) is 1. The van der Waals surface area contributed by atoms with Crippen LogP contribution >= 0.6 is 0 Å². The highest BCUT2D eigenvalue weighted by molar-refractivity contribution is 5.81. The molecule has 0 aromatic carbocycles. The summed E-state index contributed by atoms with van der Waals surface area (Å²) in [5.41, 5.74) is 4.44. The van der Waals surface area contributed by atoms with E-state index in [-0.39, 0.29) is 29.5 Å². The van der Waals surface area contributed by atoms with Crippen molar-refractivity contribution in [2.45, 2.75) is 56.8 Å². The van der Waals surface area contributed by atoms with Crippen molar-refractivity contribution in [1.29, 1.82) is 0 Å². The quantitative estimate of drug-likeness (QED) is 0.726. The highest BCUT2D eigenvalue weighted by Crippen LogP contribution is 2.63. The van der Waals surface area contributed by atoms with Gasteiger partial charge in [-0.15, -0.1) is 0 Å². The van der Waals surface area contributed by atoms with Crippen LogP contribution in [0.2, 0.25) is 0 Å². The predicted octanol–water partition coefficient (Wildman–Crippen LogP) is 3.53. The molecule has 1 aliphatic heterocycles. The molecule has 10 heteroatoms. The maximum absolute atomic E-state index is 12.8. The first-order valence-corrected chi connectivity index (χ1v) is 11.1. The number of halogens is 3. The Balaban J connectivity index is 1.40. The van der Waals surface area contributed by atoms with Gasteiger partial charge in [-0.3, -0.25) is 4.79 Å². The van der Waals surface area contributed by atoms with E-state index in [0.717, 1.165) is 31.5 Å². The van der Waals surface area contributed by atoms with Gasteiger partial charge >= 0.3 is 12.3 Å². The van der Waals surface area contributed by atoms with Crippen LogP contribution in [-0.4, -0.2) is 45.7 Å². The Kier molecular flexibility index (Phi) is 4.83. The lowest BCUT2D eigenvalue weighted by Crippen LogP contribution is -2.61. The maximum atomic E-state index is 12.8. The van der Waals surface area contributed by atoms with Crippen molar-refractivity contribution in [3.63, 3.8) is 0 Å². The van der Waals surface area contributed by atoms with E-state index >= 15 is 0 Å². The van der Waals surface area contributed by atoms with E-state index in [1.807, 2.05) is 0 Å². The predicted molar refractivity (Wildman–Crippen MR) is 105 cm³/mol. The van der Waals surface area contributed by atoms with Gasteiger partial charge in [0.25, 0.3) is 0 Å². The SMILES string of the molecule is NC(=O)C12CC3CC(C1)C(C1[C@@H](Oc4ccc(C(F)(F)F)cn4)CCN1C(=O)O)[C@@H](C3)C2. The highest BCUT2D eigenvalue weighted by Gasteiger charge is 2.61. The van der Waals surface area contributed by atoms with E-state index in [2.05, 4.69) is 4.98 Å². The third-order valence-electron chi connectivity index (χ3n) is 8.24. The van der Waals surface area contributed by atoms with E-state index in [4.69, 9.17) is 10.5 Å². The van der Waals surface area contributed by atoms with Gasteiger partial charge in [0.05, 0.1) is 11.6 Å². The van der Waals surface area contributed by atoms with E-state index in [0.29, 0.717) is 31.7 Å². The van der Waals surface area contributed by atoms with Crippen molar-refractivity contribution in [3.8, 4) is 5.88 Å². The van der Waals surface area contributed by atoms with Gasteiger partial charge in [0.1, 0.15) is 6.10 Å². The van der Waals surface area contributed by atoms with Crippen LogP contribution in [0.1, 0.15) is 44.1 Å². The minimum Gasteiger partial charge on any atom is -0.472 e. The van der Waals surface area contributed by atoms with Crippen LogP contribution in [0.3, 0.4) is 0 Å². The largest absolute Gasteiger partial charge is 0.472 e. The van der Waals surface area contributed by atoms with Gasteiger partial charge in [-0.25, -0.2) is 9.78 Å². The third kappa shape index (κ3) is 3.38. The fourth-order valence-corrected chi connectivity index (χ4v) is 7.29. The first-order valence-electron chi connectivity index (χ1n) is 11.1. The number of hydrogen-bond acceptors (Lipinski definition) is 4. The second-order valence-corrected chi connectivity index (χ2v) is 9.99. The molecule has 2 amide bonds. The Bertz CT molecular complexity index is 906. The zero-order valence-corrected chi connectivity index (χ0v) is 17.4. The average Bonchev–Trinajstić information content (AvgIpc) is 3.10. The van der Waals surface area contributed by atoms with E-state index in [1.165, 1.54) is 11.0 Å². The summed E-state index contributed by atoms with van der Waals surface area (Å²) in [5, 5.41) is 9.84. The lowest BCUT2D eigenvalue weighted by molar-refractivity contribution is -0.156. The number of nitrogens with two attached hydrogens (primary N) is 1. The molecule has 0 spiro atoms. The molecule has 1 aromatic heterocycles. The van der Waals surface area contributed by atoms with Crippen LogP contribution in [-0.2, 0) is 11.0 Å². The highest BCUT2D eigenvalue weighted by atomic mass is 19.4. The van der Waals surface area contributed by atoms with Crippen molar-refractivity contribution < 1.29 is 32.6 Å². The molecule has 2 heterocycles. The number of hydrogen-bond donors (Lipinski definition) is 2. The summed E-state index contributed by atoms with van der Waals surface area (Å²) < 4.78 is 44.5. The van der Waals surface area contributed by atoms with E-state index in [1.54, 1.807) is 0 Å². The van der Waals surface area contributed by atoms with Crippen molar-refractivity contribution in [3.05, 3.63) is 23.9 Å². The summed E-state index contributed by atoms with van der Waals surface area (Å²) >= 11 is 0. The number of primary amides is 1. The molecule has 5 fully saturated rings. The smallest absolute Gasteiger partial charge is 0.417 e. The molecule has 174 valence electrons. The molecule has 1 aromatic rings. The number of likely N-dealkylation sites (tertiary alicyclic amines) is 1. The minimum absolute atomic E-state index is 0.0390. The number of rotatable bonds is 4. The average molecular weight is 453 g/mol. The maximum Gasteiger partial charge on any atom is 0.417 e. The van der Waals surface area contributed by atoms with E-state index < -0.39 is 35.4 Å². The molecule has 5 aliphatic rings. The second-order valence-electron chi connectivity index (χ2n) is 9.99. The Hall–Kier alpha value is -2.52. The lowest BCUT2D eigenvalue weighted by Gasteiger charge is -2.60. The number of pyridine rings is 1. The molecule has 7 nitrogen and oxygen atoms in total. The van der Waals surface area contributed by atoms with Crippen molar-refractivity contribution in [2.24, 2.45) is 34.8 Å². The topological polar surface area (TPSA) is 106 Å². The first kappa shape index (κ1) is 21.3. The lowest BCUT2D eigenvalue weighted by atomic mass is 9.44. The summed E-state index contributed by atoms with van der Waals surface area (Å²) in [4.78, 5) is 29.5. The first-order chi connectivity index (χ1) is 15.1. The molecule has 3 N–H and O–H groups in total. The third-order valence-corrected chi connectivity index (χ3v) is 8.24. The fourth-order valence-electron chi connectivity index (χ4n) is 7.29. The van der Waals surface area contributed by atoms with Gasteiger partial charge in [-0.2, -0.15) is 13.2 Å². The van der Waals surface area contributed by atoms with Crippen molar-refractivity contribution in [1.82, 2.24) is 9.88 Å². The minimum atomic E-state index is -4.49. The molecule has 32 heavy (non-hydrogen) atoms. The molecule has 0 radical (unpaired) electrons. The number of ether oxygens (including phenoxy) is 1. The molecular weight excluding hydrogens is 427 g/mol. The summed E-state index contributed by atoms with van der Waals surface area (Å²) in [6.07, 6.45) is -0.764. The number of carbonyl (C=O) groups is 2. The van der Waals surface area contributed by atoms with Gasteiger partial charge < -0.3 is 20.5 Å². The van der Waals surface area contributed by atoms with Gasteiger partial charge in [0.2, 0.25) is 11.8 Å². The normalized spacial score (nSPS) is 38.2. The summed E-state index contributed by atoms with van der Waals surface area (Å²) in [6, 6.07) is 1.68. The number of nitrogens with zero attached hydrogens (tertiary/aromatic N) is 2. The summed E-state index contributed by atoms with van der Waals surface area (Å²) in [5.74, 6) is 0.649. The van der Waals surface area contributed by atoms with Crippen LogP contribution in [0.4, 0.5) is 18.0 Å². The Morgan fingerprint density at radius 1 is 1.19 bits per heavy atom. The van der Waals surface area contributed by atoms with Gasteiger partial charge in [-0.05, 0) is 61.8 Å². The van der Waals surface area contributed by atoms with Gasteiger partial charge in [0, 0.05) is 30.6 Å². The standard InChI is InChI=1S/C22H26F3N3O4/c23-22(24,25)14-1-2-16(27-10-14)32-15-3-4-28(20(30)31)18(15)17-12-5-11-6-13(17)9-21(7-11,8-12)19(26)29/h1-2,10-13,15,17-18H,3-9H2,(H2,26,29)(H,30,31)/t11?,12-,13?,15-,17?,18?,21?/m0/s1. The molecule has 1 saturated heterocycles. The van der Waals surface area contributed by atoms with Gasteiger partial charge in [-0.1, -0.05) is 0 Å². The Labute approximate surface area is 183 Å². The molecular formula is C22H26F3N3O4. The molecule has 4 bridgehead atoms. The molecule has 6 rings (SSSR count). The number of alkyl halides is 3. The van der Waals surface area contributed by atoms with Crippen LogP contribution in [0, 0.1) is 29.1 Å². The van der Waals surface area contributed by atoms with E-state index in [9.17, 15) is 27.9 Å². The molecule has 5 unspecified atom stereocenters.